The van der Waals surface area contributed by atoms with Gasteiger partial charge in [-0.05, 0) is 45.2 Å². The Labute approximate surface area is 167 Å². The van der Waals surface area contributed by atoms with Crippen LogP contribution in [0.5, 0.6) is 0 Å². The van der Waals surface area contributed by atoms with Crippen molar-refractivity contribution in [3.8, 4) is 0 Å². The molecule has 1 aliphatic rings. The average Bonchev–Trinajstić information content (AvgIpc) is 3.11. The fraction of sp³-hybridized carbons (Fsp3) is 0.429. The van der Waals surface area contributed by atoms with E-state index in [9.17, 15) is 9.59 Å². The molecule has 4 rings (SSSR count). The first-order chi connectivity index (χ1) is 13.5. The molecule has 0 aliphatic carbocycles. The van der Waals surface area contributed by atoms with Gasteiger partial charge in [-0.15, -0.1) is 11.3 Å². The minimum Gasteiger partial charge on any atom is -0.343 e. The lowest BCUT2D eigenvalue weighted by Gasteiger charge is -2.31. The maximum atomic E-state index is 12.6. The summed E-state index contributed by atoms with van der Waals surface area (Å²) >= 11 is 1.77. The van der Waals surface area contributed by atoms with Crippen molar-refractivity contribution in [1.29, 1.82) is 0 Å². The van der Waals surface area contributed by atoms with Gasteiger partial charge in [0.05, 0.1) is 15.2 Å². The van der Waals surface area contributed by atoms with Crippen LogP contribution in [0.2, 0.25) is 0 Å². The number of nitrogens with zero attached hydrogens (tertiary/aromatic N) is 3. The van der Waals surface area contributed by atoms with Crippen molar-refractivity contribution in [1.82, 2.24) is 19.9 Å². The number of amides is 1. The first-order valence-corrected chi connectivity index (χ1v) is 10.5. The van der Waals surface area contributed by atoms with Crippen LogP contribution in [0.3, 0.4) is 0 Å². The molecule has 3 heterocycles. The zero-order chi connectivity index (χ0) is 19.7. The van der Waals surface area contributed by atoms with Crippen molar-refractivity contribution in [2.75, 3.05) is 13.1 Å². The van der Waals surface area contributed by atoms with Crippen LogP contribution < -0.4 is 5.56 Å². The Morgan fingerprint density at radius 1 is 1.21 bits per heavy atom. The Morgan fingerprint density at radius 2 is 1.96 bits per heavy atom. The molecule has 6 nitrogen and oxygen atoms in total. The highest BCUT2D eigenvalue weighted by Crippen LogP contribution is 2.33. The fourth-order valence-corrected chi connectivity index (χ4v) is 5.01. The molecule has 1 aromatic carbocycles. The third kappa shape index (κ3) is 3.85. The highest BCUT2D eigenvalue weighted by atomic mass is 32.1. The van der Waals surface area contributed by atoms with Crippen molar-refractivity contribution in [2.24, 2.45) is 0 Å². The molecular formula is C21H24N4O2S. The van der Waals surface area contributed by atoms with Crippen LogP contribution in [0.25, 0.3) is 10.2 Å². The molecule has 1 aliphatic heterocycles. The van der Waals surface area contributed by atoms with Crippen LogP contribution in [-0.4, -0.2) is 38.8 Å². The van der Waals surface area contributed by atoms with E-state index in [-0.39, 0.29) is 11.5 Å². The summed E-state index contributed by atoms with van der Waals surface area (Å²) in [5.41, 5.74) is 2.26. The number of aromatic amines is 1. The number of thiazole rings is 1. The van der Waals surface area contributed by atoms with Gasteiger partial charge in [-0.1, -0.05) is 12.1 Å². The number of fused-ring (bicyclic) bond motifs is 1. The van der Waals surface area contributed by atoms with E-state index >= 15 is 0 Å². The van der Waals surface area contributed by atoms with Crippen molar-refractivity contribution in [3.63, 3.8) is 0 Å². The van der Waals surface area contributed by atoms with Crippen molar-refractivity contribution < 1.29 is 4.79 Å². The van der Waals surface area contributed by atoms with Gasteiger partial charge in [0.1, 0.15) is 5.82 Å². The van der Waals surface area contributed by atoms with Crippen LogP contribution in [-0.2, 0) is 11.2 Å². The Hall–Kier alpha value is -2.54. The van der Waals surface area contributed by atoms with Crippen LogP contribution in [0.1, 0.15) is 47.3 Å². The highest BCUT2D eigenvalue weighted by Gasteiger charge is 2.26. The molecule has 28 heavy (non-hydrogen) atoms. The van der Waals surface area contributed by atoms with Gasteiger partial charge >= 0.3 is 0 Å². The van der Waals surface area contributed by atoms with E-state index in [2.05, 4.69) is 22.1 Å². The number of carbonyl (C=O) groups excluding carboxylic acids is 1. The van der Waals surface area contributed by atoms with Gasteiger partial charge in [-0.2, -0.15) is 0 Å². The SMILES string of the molecule is Cc1nc(C)c(CCC(=O)N2CCC(c3nc4ccccc4s3)CC2)c(=O)[nH]1. The summed E-state index contributed by atoms with van der Waals surface area (Å²) in [5, 5.41) is 1.18. The summed E-state index contributed by atoms with van der Waals surface area (Å²) in [7, 11) is 0. The summed E-state index contributed by atoms with van der Waals surface area (Å²) in [6.45, 7) is 5.09. The molecule has 1 amide bonds. The summed E-state index contributed by atoms with van der Waals surface area (Å²) in [4.78, 5) is 38.4. The predicted octanol–water partition coefficient (Wildman–Crippen LogP) is 3.34. The minimum atomic E-state index is -0.132. The number of H-pyrrole nitrogens is 1. The molecule has 7 heteroatoms. The molecule has 1 fully saturated rings. The second-order valence-corrected chi connectivity index (χ2v) is 8.45. The zero-order valence-corrected chi connectivity index (χ0v) is 17.0. The Bertz CT molecular complexity index is 1030. The molecule has 3 aromatic rings. The van der Waals surface area contributed by atoms with Gasteiger partial charge < -0.3 is 9.88 Å². The van der Waals surface area contributed by atoms with E-state index in [1.807, 2.05) is 24.0 Å². The third-order valence-electron chi connectivity index (χ3n) is 5.44. The summed E-state index contributed by atoms with van der Waals surface area (Å²) in [5.74, 6) is 1.14. The van der Waals surface area contributed by atoms with Gasteiger partial charge in [0.2, 0.25) is 5.91 Å². The van der Waals surface area contributed by atoms with Crippen molar-refractivity contribution in [3.05, 3.63) is 56.7 Å². The number of carbonyl (C=O) groups is 1. The standard InChI is InChI=1S/C21H24N4O2S/c1-13-16(20(27)23-14(2)22-13)7-8-19(26)25-11-9-15(10-12-25)21-24-17-5-3-4-6-18(17)28-21/h3-6,15H,7-12H2,1-2H3,(H,22,23,27). The average molecular weight is 397 g/mol. The second-order valence-electron chi connectivity index (χ2n) is 7.39. The maximum Gasteiger partial charge on any atom is 0.254 e. The molecular weight excluding hydrogens is 372 g/mol. The number of aryl methyl sites for hydroxylation is 2. The lowest BCUT2D eigenvalue weighted by Crippen LogP contribution is -2.38. The fourth-order valence-electron chi connectivity index (χ4n) is 3.88. The number of benzene rings is 1. The number of hydrogen-bond acceptors (Lipinski definition) is 5. The first kappa shape index (κ1) is 18.8. The topological polar surface area (TPSA) is 79.0 Å². The van der Waals surface area contributed by atoms with Crippen LogP contribution in [0.15, 0.2) is 29.1 Å². The lowest BCUT2D eigenvalue weighted by molar-refractivity contribution is -0.132. The van der Waals surface area contributed by atoms with Crippen molar-refractivity contribution >= 4 is 27.5 Å². The Morgan fingerprint density at radius 3 is 2.68 bits per heavy atom. The lowest BCUT2D eigenvalue weighted by atomic mass is 9.97. The van der Waals surface area contributed by atoms with Gasteiger partial charge in [0.25, 0.3) is 5.56 Å². The normalized spacial score (nSPS) is 15.3. The molecule has 0 spiro atoms. The van der Waals surface area contributed by atoms with Crippen LogP contribution in [0.4, 0.5) is 0 Å². The number of likely N-dealkylation sites (tertiary alicyclic amines) is 1. The monoisotopic (exact) mass is 396 g/mol. The van der Waals surface area contributed by atoms with Gasteiger partial charge in [-0.3, -0.25) is 9.59 Å². The maximum absolute atomic E-state index is 12.6. The summed E-state index contributed by atoms with van der Waals surface area (Å²) in [6.07, 6.45) is 2.67. The quantitative estimate of drug-likeness (QED) is 0.734. The predicted molar refractivity (Wildman–Crippen MR) is 111 cm³/mol. The molecule has 2 aromatic heterocycles. The number of hydrogen-bond donors (Lipinski definition) is 1. The van der Waals surface area contributed by atoms with Crippen LogP contribution >= 0.6 is 11.3 Å². The summed E-state index contributed by atoms with van der Waals surface area (Å²) < 4.78 is 1.23. The van der Waals surface area contributed by atoms with E-state index in [0.29, 0.717) is 35.8 Å². The second kappa shape index (κ2) is 7.83. The highest BCUT2D eigenvalue weighted by molar-refractivity contribution is 7.18. The van der Waals surface area contributed by atoms with E-state index < -0.39 is 0 Å². The number of piperidine rings is 1. The summed E-state index contributed by atoms with van der Waals surface area (Å²) in [6, 6.07) is 8.22. The molecule has 0 unspecified atom stereocenters. The zero-order valence-electron chi connectivity index (χ0n) is 16.2. The number of para-hydroxylation sites is 1. The number of nitrogens with one attached hydrogen (secondary N) is 1. The smallest absolute Gasteiger partial charge is 0.254 e. The van der Waals surface area contributed by atoms with Gasteiger partial charge in [0.15, 0.2) is 0 Å². The van der Waals surface area contributed by atoms with E-state index in [1.54, 1.807) is 18.3 Å². The molecule has 0 radical (unpaired) electrons. The molecule has 1 saturated heterocycles. The van der Waals surface area contributed by atoms with Crippen molar-refractivity contribution in [2.45, 2.75) is 45.4 Å². The molecule has 0 bridgehead atoms. The van der Waals surface area contributed by atoms with E-state index in [4.69, 9.17) is 4.98 Å². The first-order valence-electron chi connectivity index (χ1n) is 9.71. The Balaban J connectivity index is 1.34. The number of aromatic nitrogens is 3. The van der Waals surface area contributed by atoms with E-state index in [1.165, 1.54) is 9.71 Å². The van der Waals surface area contributed by atoms with Gasteiger partial charge in [-0.25, -0.2) is 9.97 Å². The third-order valence-corrected chi connectivity index (χ3v) is 6.64. The van der Waals surface area contributed by atoms with Crippen LogP contribution in [0, 0.1) is 13.8 Å². The Kier molecular flexibility index (Phi) is 5.26. The largest absolute Gasteiger partial charge is 0.343 e. The van der Waals surface area contributed by atoms with E-state index in [0.717, 1.165) is 31.4 Å². The molecule has 0 saturated carbocycles. The minimum absolute atomic E-state index is 0.113. The van der Waals surface area contributed by atoms with Gasteiger partial charge in [0, 0.05) is 36.7 Å². The number of rotatable bonds is 4. The molecule has 146 valence electrons. The molecule has 0 atom stereocenters. The molecule has 1 N–H and O–H groups in total.